The van der Waals surface area contributed by atoms with Crippen LogP contribution in [-0.4, -0.2) is 79.2 Å². The van der Waals surface area contributed by atoms with Gasteiger partial charge in [0, 0.05) is 37.6 Å². The molecule has 0 radical (unpaired) electrons. The minimum Gasteiger partial charge on any atom is -0.480 e. The maximum absolute atomic E-state index is 13.8. The van der Waals surface area contributed by atoms with Gasteiger partial charge in [0.1, 0.15) is 17.5 Å². The Morgan fingerprint density at radius 3 is 2.33 bits per heavy atom. The summed E-state index contributed by atoms with van der Waals surface area (Å²) in [4.78, 5) is 37.2. The third kappa shape index (κ3) is 8.14. The van der Waals surface area contributed by atoms with Crippen molar-refractivity contribution in [2.45, 2.75) is 44.0 Å². The zero-order valence-corrected chi connectivity index (χ0v) is 26.6. The van der Waals surface area contributed by atoms with E-state index in [-0.39, 0.29) is 35.3 Å². The first-order valence-corrected chi connectivity index (χ1v) is 16.3. The van der Waals surface area contributed by atoms with Gasteiger partial charge in [0.2, 0.25) is 5.95 Å². The van der Waals surface area contributed by atoms with Crippen molar-refractivity contribution in [2.24, 2.45) is 0 Å². The Balaban J connectivity index is 1.66. The molecule has 12 nitrogen and oxygen atoms in total. The number of hydrogen-bond donors (Lipinski definition) is 2. The van der Waals surface area contributed by atoms with E-state index in [4.69, 9.17) is 22.8 Å². The third-order valence-electron chi connectivity index (χ3n) is 7.25. The van der Waals surface area contributed by atoms with Crippen LogP contribution in [0.15, 0.2) is 59.6 Å². The molecule has 1 aliphatic rings. The van der Waals surface area contributed by atoms with Gasteiger partial charge >= 0.3 is 12.1 Å². The van der Waals surface area contributed by atoms with Gasteiger partial charge < -0.3 is 25.0 Å². The molecule has 1 aromatic heterocycles. The second-order valence-corrected chi connectivity index (χ2v) is 12.5. The number of nitrogens with zero attached hydrogens (tertiary/aromatic N) is 5. The van der Waals surface area contributed by atoms with E-state index in [1.165, 1.54) is 30.5 Å². The summed E-state index contributed by atoms with van der Waals surface area (Å²) in [5, 5.41) is 13.5. The van der Waals surface area contributed by atoms with E-state index in [9.17, 15) is 23.1 Å². The van der Waals surface area contributed by atoms with Crippen LogP contribution in [0.3, 0.4) is 0 Å². The zero-order valence-electron chi connectivity index (χ0n) is 25.0. The van der Waals surface area contributed by atoms with Crippen molar-refractivity contribution in [3.05, 3.63) is 65.3 Å². The lowest BCUT2D eigenvalue weighted by molar-refractivity contribution is -0.137. The lowest BCUT2D eigenvalue weighted by atomic mass is 10.1. The van der Waals surface area contributed by atoms with Gasteiger partial charge in [-0.3, -0.25) is 0 Å². The molecule has 0 spiro atoms. The van der Waals surface area contributed by atoms with Gasteiger partial charge in [0.05, 0.1) is 17.6 Å². The molecule has 1 aliphatic heterocycles. The first-order chi connectivity index (χ1) is 21.6. The zero-order chi connectivity index (χ0) is 32.6. The van der Waals surface area contributed by atoms with Gasteiger partial charge in [0.15, 0.2) is 5.82 Å². The molecule has 1 atom stereocenters. The number of amides is 1. The van der Waals surface area contributed by atoms with Crippen molar-refractivity contribution in [3.8, 4) is 18.1 Å². The average molecular weight is 655 g/mol. The summed E-state index contributed by atoms with van der Waals surface area (Å²) >= 11 is 5.98. The standard InChI is InChI=1S/C31H35ClN6O6S/c1-4-17-38(45(42,43)25-15-11-23(32)12-16-25)27-21-33-30(36(5-2)6-3)35-28(27)34-26(29(39)40)20-22-9-13-24(14-10-22)44-31(41)37-18-7-8-19-37/h1,9-16,21,26H,5-8,17-20H2,2-3H3,(H,39,40)(H,33,34,35)/t26-/m0/s1. The van der Waals surface area contributed by atoms with Gasteiger partial charge in [-0.2, -0.15) is 4.98 Å². The molecule has 0 aliphatic carbocycles. The van der Waals surface area contributed by atoms with Gasteiger partial charge in [0.25, 0.3) is 10.0 Å². The third-order valence-corrected chi connectivity index (χ3v) is 9.28. The second-order valence-electron chi connectivity index (χ2n) is 10.2. The number of anilines is 3. The molecule has 1 saturated heterocycles. The molecule has 14 heteroatoms. The molecule has 3 aromatic rings. The van der Waals surface area contributed by atoms with Gasteiger partial charge in [-0.15, -0.1) is 6.42 Å². The van der Waals surface area contributed by atoms with Crippen molar-refractivity contribution in [1.29, 1.82) is 0 Å². The summed E-state index contributed by atoms with van der Waals surface area (Å²) < 4.78 is 33.9. The monoisotopic (exact) mass is 654 g/mol. The molecule has 4 rings (SSSR count). The molecule has 2 aromatic carbocycles. The fraction of sp³-hybridized carbons (Fsp3) is 0.355. The summed E-state index contributed by atoms with van der Waals surface area (Å²) in [7, 11) is -4.23. The highest BCUT2D eigenvalue weighted by Gasteiger charge is 2.30. The van der Waals surface area contributed by atoms with Crippen molar-refractivity contribution >= 4 is 51.1 Å². The molecular weight excluding hydrogens is 620 g/mol. The maximum atomic E-state index is 13.8. The van der Waals surface area contributed by atoms with Gasteiger partial charge in [-0.1, -0.05) is 29.7 Å². The summed E-state index contributed by atoms with van der Waals surface area (Å²) in [6, 6.07) is 10.9. The van der Waals surface area contributed by atoms with Crippen LogP contribution in [0, 0.1) is 12.3 Å². The van der Waals surface area contributed by atoms with Crippen LogP contribution in [0.4, 0.5) is 22.2 Å². The Bertz CT molecular complexity index is 1640. The first kappa shape index (κ1) is 33.4. The normalized spacial score (nSPS) is 13.5. The van der Waals surface area contributed by atoms with Crippen LogP contribution in [0.5, 0.6) is 5.75 Å². The number of nitrogens with one attached hydrogen (secondary N) is 1. The van der Waals surface area contributed by atoms with Crippen LogP contribution in [0.1, 0.15) is 32.3 Å². The number of terminal acetylenes is 1. The number of rotatable bonds is 13. The van der Waals surface area contributed by atoms with E-state index in [1.807, 2.05) is 18.7 Å². The van der Waals surface area contributed by atoms with Crippen molar-refractivity contribution in [2.75, 3.05) is 47.2 Å². The van der Waals surface area contributed by atoms with Gasteiger partial charge in [-0.05, 0) is 68.7 Å². The Kier molecular flexibility index (Phi) is 11.1. The van der Waals surface area contributed by atoms with E-state index >= 15 is 0 Å². The molecular formula is C31H35ClN6O6S. The Morgan fingerprint density at radius 1 is 1.11 bits per heavy atom. The minimum atomic E-state index is -4.23. The molecule has 238 valence electrons. The predicted octanol–water partition coefficient (Wildman–Crippen LogP) is 4.51. The Morgan fingerprint density at radius 2 is 1.76 bits per heavy atom. The Hall–Kier alpha value is -4.54. The van der Waals surface area contributed by atoms with E-state index in [0.717, 1.165) is 17.1 Å². The average Bonchev–Trinajstić information content (AvgIpc) is 3.57. The number of carbonyl (C=O) groups is 2. The number of halogens is 1. The van der Waals surface area contributed by atoms with Crippen molar-refractivity contribution < 1.29 is 27.9 Å². The molecule has 1 amide bonds. The topological polar surface area (TPSA) is 145 Å². The number of ether oxygens (including phenoxy) is 1. The molecule has 0 saturated carbocycles. The number of aromatic nitrogens is 2. The smallest absolute Gasteiger partial charge is 0.415 e. The van der Waals surface area contributed by atoms with Crippen LogP contribution in [0.2, 0.25) is 5.02 Å². The number of carboxylic acid groups (broad SMARTS) is 1. The van der Waals surface area contributed by atoms with E-state index in [0.29, 0.717) is 42.5 Å². The van der Waals surface area contributed by atoms with Crippen LogP contribution in [-0.2, 0) is 21.2 Å². The largest absolute Gasteiger partial charge is 0.480 e. The lowest BCUT2D eigenvalue weighted by Gasteiger charge is -2.27. The quantitative estimate of drug-likeness (QED) is 0.253. The number of benzene rings is 2. The summed E-state index contributed by atoms with van der Waals surface area (Å²) in [5.41, 5.74) is 0.610. The highest BCUT2D eigenvalue weighted by molar-refractivity contribution is 7.92. The van der Waals surface area contributed by atoms with Crippen LogP contribution >= 0.6 is 11.6 Å². The number of hydrogen-bond acceptors (Lipinski definition) is 9. The Labute approximate surface area is 268 Å². The van der Waals surface area contributed by atoms with E-state index in [2.05, 4.69) is 21.2 Å². The van der Waals surface area contributed by atoms with Crippen molar-refractivity contribution in [1.82, 2.24) is 14.9 Å². The minimum absolute atomic E-state index is 0.00119. The van der Waals surface area contributed by atoms with Crippen LogP contribution in [0.25, 0.3) is 0 Å². The fourth-order valence-electron chi connectivity index (χ4n) is 4.79. The fourth-order valence-corrected chi connectivity index (χ4v) is 6.29. The molecule has 1 fully saturated rings. The molecule has 0 unspecified atom stereocenters. The summed E-state index contributed by atoms with van der Waals surface area (Å²) in [6.07, 6.45) is 8.37. The van der Waals surface area contributed by atoms with Gasteiger partial charge in [-0.25, -0.2) is 27.3 Å². The van der Waals surface area contributed by atoms with Crippen LogP contribution < -0.4 is 19.3 Å². The number of carboxylic acids is 1. The number of aliphatic carboxylic acids is 1. The number of sulfonamides is 1. The predicted molar refractivity (Wildman–Crippen MR) is 172 cm³/mol. The second kappa shape index (κ2) is 15.0. The SMILES string of the molecule is C#CCN(c1cnc(N(CC)CC)nc1N[C@@H](Cc1ccc(OC(=O)N2CCCC2)cc1)C(=O)O)S(=O)(=O)c1ccc(Cl)cc1. The lowest BCUT2D eigenvalue weighted by Crippen LogP contribution is -2.36. The summed E-state index contributed by atoms with van der Waals surface area (Å²) in [5.74, 6) is 1.77. The van der Waals surface area contributed by atoms with Crippen molar-refractivity contribution in [3.63, 3.8) is 0 Å². The van der Waals surface area contributed by atoms with E-state index < -0.39 is 28.1 Å². The molecule has 2 N–H and O–H groups in total. The summed E-state index contributed by atoms with van der Waals surface area (Å²) in [6.45, 7) is 5.88. The molecule has 0 bridgehead atoms. The number of carbonyl (C=O) groups excluding carboxylic acids is 1. The highest BCUT2D eigenvalue weighted by atomic mass is 35.5. The first-order valence-electron chi connectivity index (χ1n) is 14.5. The maximum Gasteiger partial charge on any atom is 0.415 e. The molecule has 45 heavy (non-hydrogen) atoms. The molecule has 2 heterocycles. The number of likely N-dealkylation sites (tertiary alicyclic amines) is 1. The van der Waals surface area contributed by atoms with E-state index in [1.54, 1.807) is 29.2 Å². The highest BCUT2D eigenvalue weighted by Crippen LogP contribution is 2.31.